The van der Waals surface area contributed by atoms with E-state index >= 15 is 0 Å². The molecule has 3 N–H and O–H groups in total. The van der Waals surface area contributed by atoms with Gasteiger partial charge in [-0.25, -0.2) is 0 Å². The Morgan fingerprint density at radius 2 is 2.35 bits per heavy atom. The van der Waals surface area contributed by atoms with Gasteiger partial charge in [0, 0.05) is 19.8 Å². The number of nitrogens with two attached hydrogens (primary N) is 1. The summed E-state index contributed by atoms with van der Waals surface area (Å²) in [6.45, 7) is 4.45. The first kappa shape index (κ1) is 12.1. The van der Waals surface area contributed by atoms with Crippen LogP contribution in [0.5, 0.6) is 0 Å². The maximum absolute atomic E-state index is 12.2. The van der Waals surface area contributed by atoms with E-state index in [1.54, 1.807) is 4.68 Å². The van der Waals surface area contributed by atoms with Gasteiger partial charge in [-0.3, -0.25) is 9.48 Å². The monoisotopic (exact) mass is 236 g/mol. The average Bonchev–Trinajstić information content (AvgIpc) is 2.52. The molecule has 0 bridgehead atoms. The Hall–Kier alpha value is -1.36. The zero-order chi connectivity index (χ0) is 12.6. The van der Waals surface area contributed by atoms with Crippen molar-refractivity contribution in [2.45, 2.75) is 26.7 Å². The lowest BCUT2D eigenvalue weighted by molar-refractivity contribution is -0.132. The molecule has 0 spiro atoms. The van der Waals surface area contributed by atoms with Gasteiger partial charge in [0.25, 0.3) is 0 Å². The van der Waals surface area contributed by atoms with Crippen molar-refractivity contribution < 1.29 is 4.79 Å². The minimum absolute atomic E-state index is 0.0363. The van der Waals surface area contributed by atoms with Gasteiger partial charge in [0.05, 0.1) is 16.8 Å². The molecule has 1 aromatic rings. The van der Waals surface area contributed by atoms with Crippen LogP contribution in [0.4, 0.5) is 5.69 Å². The molecule has 0 saturated heterocycles. The molecule has 1 aliphatic rings. The average molecular weight is 236 g/mol. The Morgan fingerprint density at radius 3 is 2.76 bits per heavy atom. The number of nitrogens with one attached hydrogen (secondary N) is 1. The predicted molar refractivity (Wildman–Crippen MR) is 66.5 cm³/mol. The van der Waals surface area contributed by atoms with Crippen LogP contribution in [0.1, 0.15) is 25.5 Å². The highest BCUT2D eigenvalue weighted by Crippen LogP contribution is 2.45. The molecule has 2 rings (SSSR count). The highest BCUT2D eigenvalue weighted by atomic mass is 16.2. The van der Waals surface area contributed by atoms with Crippen LogP contribution in [-0.2, 0) is 11.8 Å². The Morgan fingerprint density at radius 1 is 1.71 bits per heavy atom. The van der Waals surface area contributed by atoms with Crippen molar-refractivity contribution >= 4 is 11.6 Å². The Labute approximate surface area is 101 Å². The Balaban J connectivity index is 2.09. The lowest BCUT2D eigenvalue weighted by Crippen LogP contribution is -2.51. The number of carbonyl (C=O) groups is 1. The molecular formula is C12H20N4O. The zero-order valence-electron chi connectivity index (χ0n) is 10.7. The summed E-state index contributed by atoms with van der Waals surface area (Å²) in [5.41, 5.74) is 7.00. The SMILES string of the molecule is Cc1nn(C)cc1NC(=O)C1(CN)CC(C)C1. The molecule has 0 atom stereocenters. The van der Waals surface area contributed by atoms with Crippen LogP contribution in [0.25, 0.3) is 0 Å². The van der Waals surface area contributed by atoms with E-state index in [1.807, 2.05) is 20.2 Å². The Kier molecular flexibility index (Phi) is 2.95. The first-order chi connectivity index (χ1) is 7.97. The van der Waals surface area contributed by atoms with Crippen LogP contribution in [0, 0.1) is 18.3 Å². The van der Waals surface area contributed by atoms with Crippen molar-refractivity contribution in [1.29, 1.82) is 0 Å². The summed E-state index contributed by atoms with van der Waals surface area (Å²) in [5, 5.41) is 7.14. The highest BCUT2D eigenvalue weighted by Gasteiger charge is 2.47. The minimum atomic E-state index is -0.359. The second kappa shape index (κ2) is 4.14. The first-order valence-electron chi connectivity index (χ1n) is 5.98. The van der Waals surface area contributed by atoms with Crippen molar-refractivity contribution in [3.05, 3.63) is 11.9 Å². The Bertz CT molecular complexity index is 432. The van der Waals surface area contributed by atoms with Crippen LogP contribution in [-0.4, -0.2) is 22.2 Å². The van der Waals surface area contributed by atoms with Crippen LogP contribution in [0.15, 0.2) is 6.20 Å². The molecule has 0 unspecified atom stereocenters. The summed E-state index contributed by atoms with van der Waals surface area (Å²) in [7, 11) is 1.84. The number of anilines is 1. The highest BCUT2D eigenvalue weighted by molar-refractivity contribution is 5.96. The smallest absolute Gasteiger partial charge is 0.231 e. The summed E-state index contributed by atoms with van der Waals surface area (Å²) >= 11 is 0. The molecule has 0 aliphatic heterocycles. The van der Waals surface area contributed by atoms with E-state index in [0.29, 0.717) is 12.5 Å². The largest absolute Gasteiger partial charge is 0.329 e. The van der Waals surface area contributed by atoms with Gasteiger partial charge in [-0.1, -0.05) is 6.92 Å². The van der Waals surface area contributed by atoms with Gasteiger partial charge in [0.1, 0.15) is 0 Å². The van der Waals surface area contributed by atoms with E-state index in [-0.39, 0.29) is 11.3 Å². The van der Waals surface area contributed by atoms with E-state index in [9.17, 15) is 4.79 Å². The van der Waals surface area contributed by atoms with Crippen molar-refractivity contribution in [1.82, 2.24) is 9.78 Å². The van der Waals surface area contributed by atoms with Crippen molar-refractivity contribution in [2.24, 2.45) is 24.1 Å². The fraction of sp³-hybridized carbons (Fsp3) is 0.667. The molecule has 94 valence electrons. The third-order valence-corrected chi connectivity index (χ3v) is 3.61. The van der Waals surface area contributed by atoms with Gasteiger partial charge in [-0.15, -0.1) is 0 Å². The van der Waals surface area contributed by atoms with Crippen LogP contribution < -0.4 is 11.1 Å². The molecule has 1 fully saturated rings. The second-order valence-electron chi connectivity index (χ2n) is 5.25. The molecule has 1 aromatic heterocycles. The first-order valence-corrected chi connectivity index (χ1v) is 5.98. The van der Waals surface area contributed by atoms with E-state index in [4.69, 9.17) is 5.73 Å². The summed E-state index contributed by atoms with van der Waals surface area (Å²) in [6.07, 6.45) is 3.59. The maximum Gasteiger partial charge on any atom is 0.231 e. The summed E-state index contributed by atoms with van der Waals surface area (Å²) in [5.74, 6) is 0.633. The van der Waals surface area contributed by atoms with Crippen molar-refractivity contribution in [3.8, 4) is 0 Å². The number of aryl methyl sites for hydroxylation is 2. The van der Waals surface area contributed by atoms with Gasteiger partial charge >= 0.3 is 0 Å². The summed E-state index contributed by atoms with van der Waals surface area (Å²) in [4.78, 5) is 12.2. The quantitative estimate of drug-likeness (QED) is 0.823. The molecule has 17 heavy (non-hydrogen) atoms. The van der Waals surface area contributed by atoms with E-state index in [0.717, 1.165) is 24.2 Å². The van der Waals surface area contributed by atoms with E-state index in [1.165, 1.54) is 0 Å². The van der Waals surface area contributed by atoms with Gasteiger partial charge in [0.2, 0.25) is 5.91 Å². The fourth-order valence-electron chi connectivity index (χ4n) is 2.70. The number of nitrogens with zero attached hydrogens (tertiary/aromatic N) is 2. The van der Waals surface area contributed by atoms with E-state index in [2.05, 4.69) is 17.3 Å². The zero-order valence-corrected chi connectivity index (χ0v) is 10.7. The topological polar surface area (TPSA) is 72.9 Å². The minimum Gasteiger partial charge on any atom is -0.329 e. The van der Waals surface area contributed by atoms with Crippen molar-refractivity contribution in [3.63, 3.8) is 0 Å². The second-order valence-corrected chi connectivity index (χ2v) is 5.25. The summed E-state index contributed by atoms with van der Waals surface area (Å²) in [6, 6.07) is 0. The molecule has 5 heteroatoms. The predicted octanol–water partition coefficient (Wildman–Crippen LogP) is 1.04. The number of hydrogen-bond donors (Lipinski definition) is 2. The van der Waals surface area contributed by atoms with Crippen molar-refractivity contribution in [2.75, 3.05) is 11.9 Å². The van der Waals surface area contributed by atoms with Gasteiger partial charge < -0.3 is 11.1 Å². The summed E-state index contributed by atoms with van der Waals surface area (Å²) < 4.78 is 1.70. The van der Waals surface area contributed by atoms with Crippen LogP contribution >= 0.6 is 0 Å². The number of amides is 1. The molecular weight excluding hydrogens is 216 g/mol. The fourth-order valence-corrected chi connectivity index (χ4v) is 2.70. The molecule has 5 nitrogen and oxygen atoms in total. The van der Waals surface area contributed by atoms with Gasteiger partial charge in [-0.2, -0.15) is 5.10 Å². The van der Waals surface area contributed by atoms with Crippen LogP contribution in [0.3, 0.4) is 0 Å². The number of rotatable bonds is 3. The van der Waals surface area contributed by atoms with Crippen LogP contribution in [0.2, 0.25) is 0 Å². The van der Waals surface area contributed by atoms with Gasteiger partial charge in [0.15, 0.2) is 0 Å². The normalized spacial score (nSPS) is 27.6. The lowest BCUT2D eigenvalue weighted by Gasteiger charge is -2.44. The third kappa shape index (κ3) is 2.07. The number of aromatic nitrogens is 2. The maximum atomic E-state index is 12.2. The van der Waals surface area contributed by atoms with E-state index < -0.39 is 0 Å². The van der Waals surface area contributed by atoms with Gasteiger partial charge in [-0.05, 0) is 25.7 Å². The molecule has 0 aromatic carbocycles. The molecule has 0 radical (unpaired) electrons. The standard InChI is InChI=1S/C12H20N4O/c1-8-4-12(5-8,7-13)11(17)14-10-6-16(3)15-9(10)2/h6,8H,4-5,7,13H2,1-3H3,(H,14,17). The number of hydrogen-bond acceptors (Lipinski definition) is 3. The number of carbonyl (C=O) groups excluding carboxylic acids is 1. The molecule has 1 saturated carbocycles. The third-order valence-electron chi connectivity index (χ3n) is 3.61. The molecule has 1 heterocycles. The molecule has 1 aliphatic carbocycles. The lowest BCUT2D eigenvalue weighted by atomic mass is 9.62. The molecule has 1 amide bonds.